The molecule has 4 nitrogen and oxygen atoms in total. The summed E-state index contributed by atoms with van der Waals surface area (Å²) in [4.78, 5) is 11.5. The minimum absolute atomic E-state index is 0.0984. The molecule has 0 aliphatic heterocycles. The largest absolute Gasteiger partial charge is 0.497 e. The van der Waals surface area contributed by atoms with Crippen LogP contribution in [-0.4, -0.2) is 24.7 Å². The fourth-order valence-corrected chi connectivity index (χ4v) is 2.34. The zero-order chi connectivity index (χ0) is 15.9. The summed E-state index contributed by atoms with van der Waals surface area (Å²) in [6.07, 6.45) is 0. The topological polar surface area (TPSA) is 58.6 Å². The molecule has 0 radical (unpaired) electrons. The highest BCUT2D eigenvalue weighted by molar-refractivity contribution is 5.76. The zero-order valence-corrected chi connectivity index (χ0v) is 12.8. The molecule has 2 aromatic carbocycles. The van der Waals surface area contributed by atoms with E-state index in [2.05, 4.69) is 5.32 Å². The third-order valence-electron chi connectivity index (χ3n) is 3.74. The molecule has 2 N–H and O–H groups in total. The van der Waals surface area contributed by atoms with Crippen LogP contribution in [0.1, 0.15) is 30.0 Å². The average Bonchev–Trinajstić information content (AvgIpc) is 2.56. The number of carbonyl (C=O) groups is 1. The van der Waals surface area contributed by atoms with Crippen molar-refractivity contribution in [1.29, 1.82) is 0 Å². The van der Waals surface area contributed by atoms with Crippen LogP contribution >= 0.6 is 0 Å². The molecule has 22 heavy (non-hydrogen) atoms. The fraction of sp³-hybridized carbons (Fsp3) is 0.278. The molecule has 2 atom stereocenters. The monoisotopic (exact) mass is 299 g/mol. The third-order valence-corrected chi connectivity index (χ3v) is 3.74. The summed E-state index contributed by atoms with van der Waals surface area (Å²) in [5.41, 5.74) is 1.91. The summed E-state index contributed by atoms with van der Waals surface area (Å²) in [5.74, 6) is -0.700. The van der Waals surface area contributed by atoms with E-state index in [9.17, 15) is 9.90 Å². The van der Waals surface area contributed by atoms with E-state index in [1.807, 2.05) is 37.3 Å². The summed E-state index contributed by atoms with van der Waals surface area (Å²) in [7, 11) is 1.59. The predicted octanol–water partition coefficient (Wildman–Crippen LogP) is 3.21. The summed E-state index contributed by atoms with van der Waals surface area (Å²) in [6, 6.07) is 17.2. The Balaban J connectivity index is 2.04. The van der Waals surface area contributed by atoms with Crippen molar-refractivity contribution in [3.63, 3.8) is 0 Å². The maximum atomic E-state index is 11.5. The molecule has 0 saturated heterocycles. The quantitative estimate of drug-likeness (QED) is 0.824. The summed E-state index contributed by atoms with van der Waals surface area (Å²) >= 11 is 0. The molecule has 0 heterocycles. The van der Waals surface area contributed by atoms with Gasteiger partial charge in [-0.05, 0) is 30.2 Å². The maximum Gasteiger partial charge on any atom is 0.312 e. The molecular formula is C18H21NO3. The van der Waals surface area contributed by atoms with Crippen LogP contribution in [0.4, 0.5) is 0 Å². The normalized spacial score (nSPS) is 13.4. The molecule has 0 bridgehead atoms. The van der Waals surface area contributed by atoms with Crippen molar-refractivity contribution in [1.82, 2.24) is 5.32 Å². The SMILES string of the molecule is COc1ccc(C(CNC(C)c2ccccc2)C(=O)O)cc1. The predicted molar refractivity (Wildman–Crippen MR) is 86.2 cm³/mol. The first-order chi connectivity index (χ1) is 10.6. The lowest BCUT2D eigenvalue weighted by molar-refractivity contribution is -0.138. The van der Waals surface area contributed by atoms with Crippen molar-refractivity contribution in [3.05, 3.63) is 65.7 Å². The number of benzene rings is 2. The first-order valence-electron chi connectivity index (χ1n) is 7.27. The van der Waals surface area contributed by atoms with Gasteiger partial charge in [-0.1, -0.05) is 42.5 Å². The van der Waals surface area contributed by atoms with Gasteiger partial charge in [0.15, 0.2) is 0 Å². The van der Waals surface area contributed by atoms with Gasteiger partial charge in [0, 0.05) is 12.6 Å². The minimum Gasteiger partial charge on any atom is -0.497 e. The second-order valence-corrected chi connectivity index (χ2v) is 5.20. The Morgan fingerprint density at radius 2 is 1.73 bits per heavy atom. The van der Waals surface area contributed by atoms with Crippen molar-refractivity contribution in [2.75, 3.05) is 13.7 Å². The Morgan fingerprint density at radius 1 is 1.09 bits per heavy atom. The molecule has 0 amide bonds. The Morgan fingerprint density at radius 3 is 2.27 bits per heavy atom. The molecule has 2 aromatic rings. The van der Waals surface area contributed by atoms with E-state index in [0.717, 1.165) is 16.9 Å². The van der Waals surface area contributed by atoms with Gasteiger partial charge < -0.3 is 15.2 Å². The zero-order valence-electron chi connectivity index (χ0n) is 12.8. The highest BCUT2D eigenvalue weighted by Gasteiger charge is 2.20. The first-order valence-corrected chi connectivity index (χ1v) is 7.27. The molecule has 2 rings (SSSR count). The smallest absolute Gasteiger partial charge is 0.312 e. The molecule has 0 saturated carbocycles. The molecule has 0 spiro atoms. The number of rotatable bonds is 7. The van der Waals surface area contributed by atoms with E-state index in [1.54, 1.807) is 31.4 Å². The molecular weight excluding hydrogens is 278 g/mol. The lowest BCUT2D eigenvalue weighted by Crippen LogP contribution is -2.28. The van der Waals surface area contributed by atoms with Gasteiger partial charge in [0.25, 0.3) is 0 Å². The van der Waals surface area contributed by atoms with Gasteiger partial charge in [-0.3, -0.25) is 4.79 Å². The fourth-order valence-electron chi connectivity index (χ4n) is 2.34. The van der Waals surface area contributed by atoms with Crippen molar-refractivity contribution in [2.24, 2.45) is 0 Å². The van der Waals surface area contributed by atoms with E-state index >= 15 is 0 Å². The molecule has 4 heteroatoms. The van der Waals surface area contributed by atoms with Crippen molar-refractivity contribution in [2.45, 2.75) is 18.9 Å². The van der Waals surface area contributed by atoms with Gasteiger partial charge in [0.1, 0.15) is 5.75 Å². The number of hydrogen-bond donors (Lipinski definition) is 2. The molecule has 0 aromatic heterocycles. The van der Waals surface area contributed by atoms with E-state index < -0.39 is 11.9 Å². The van der Waals surface area contributed by atoms with Gasteiger partial charge >= 0.3 is 5.97 Å². The van der Waals surface area contributed by atoms with E-state index in [-0.39, 0.29) is 6.04 Å². The lowest BCUT2D eigenvalue weighted by Gasteiger charge is -2.19. The summed E-state index contributed by atoms with van der Waals surface area (Å²) < 4.78 is 5.10. The van der Waals surface area contributed by atoms with Crippen molar-refractivity contribution >= 4 is 5.97 Å². The Hall–Kier alpha value is -2.33. The Kier molecular flexibility index (Phi) is 5.55. The minimum atomic E-state index is -0.835. The second kappa shape index (κ2) is 7.61. The van der Waals surface area contributed by atoms with Crippen LogP contribution in [0.25, 0.3) is 0 Å². The molecule has 0 fully saturated rings. The Bertz CT molecular complexity index is 595. The second-order valence-electron chi connectivity index (χ2n) is 5.20. The molecule has 2 unspecified atom stereocenters. The summed E-state index contributed by atoms with van der Waals surface area (Å²) in [5, 5.41) is 12.8. The molecule has 0 aliphatic rings. The standard InChI is InChI=1S/C18H21NO3/c1-13(14-6-4-3-5-7-14)19-12-17(18(20)21)15-8-10-16(22-2)11-9-15/h3-11,13,17,19H,12H2,1-2H3,(H,20,21). The van der Waals surface area contributed by atoms with Gasteiger partial charge in [-0.25, -0.2) is 0 Å². The highest BCUT2D eigenvalue weighted by Crippen LogP contribution is 2.21. The lowest BCUT2D eigenvalue weighted by atomic mass is 9.98. The van der Waals surface area contributed by atoms with E-state index in [4.69, 9.17) is 4.74 Å². The van der Waals surface area contributed by atoms with Crippen LogP contribution in [0.15, 0.2) is 54.6 Å². The molecule has 116 valence electrons. The number of nitrogens with one attached hydrogen (secondary N) is 1. The number of methoxy groups -OCH3 is 1. The average molecular weight is 299 g/mol. The summed E-state index contributed by atoms with van der Waals surface area (Å²) in [6.45, 7) is 2.40. The van der Waals surface area contributed by atoms with Crippen molar-refractivity contribution in [3.8, 4) is 5.75 Å². The van der Waals surface area contributed by atoms with Crippen molar-refractivity contribution < 1.29 is 14.6 Å². The number of hydrogen-bond acceptors (Lipinski definition) is 3. The highest BCUT2D eigenvalue weighted by atomic mass is 16.5. The number of aliphatic carboxylic acids is 1. The van der Waals surface area contributed by atoms with Crippen LogP contribution in [0.5, 0.6) is 5.75 Å². The van der Waals surface area contributed by atoms with E-state index in [0.29, 0.717) is 6.54 Å². The van der Waals surface area contributed by atoms with Crippen LogP contribution in [0.3, 0.4) is 0 Å². The Labute approximate surface area is 130 Å². The van der Waals surface area contributed by atoms with Crippen LogP contribution in [0, 0.1) is 0 Å². The first kappa shape index (κ1) is 16.0. The number of ether oxygens (including phenoxy) is 1. The maximum absolute atomic E-state index is 11.5. The van der Waals surface area contributed by atoms with Crippen LogP contribution in [0.2, 0.25) is 0 Å². The van der Waals surface area contributed by atoms with Gasteiger partial charge in [0.05, 0.1) is 13.0 Å². The number of carboxylic acids is 1. The van der Waals surface area contributed by atoms with Gasteiger partial charge in [-0.15, -0.1) is 0 Å². The van der Waals surface area contributed by atoms with Gasteiger partial charge in [0.2, 0.25) is 0 Å². The van der Waals surface area contributed by atoms with Gasteiger partial charge in [-0.2, -0.15) is 0 Å². The van der Waals surface area contributed by atoms with Crippen LogP contribution in [-0.2, 0) is 4.79 Å². The van der Waals surface area contributed by atoms with E-state index in [1.165, 1.54) is 0 Å². The third kappa shape index (κ3) is 4.09. The molecule has 0 aliphatic carbocycles. The van der Waals surface area contributed by atoms with Crippen LogP contribution < -0.4 is 10.1 Å². The number of carboxylic acid groups (broad SMARTS) is 1.